The van der Waals surface area contributed by atoms with E-state index >= 15 is 0 Å². The van der Waals surface area contributed by atoms with Gasteiger partial charge >= 0.3 is 5.97 Å². The fourth-order valence-corrected chi connectivity index (χ4v) is 2.14. The van der Waals surface area contributed by atoms with Crippen molar-refractivity contribution in [3.63, 3.8) is 0 Å². The second-order valence-electron chi connectivity index (χ2n) is 5.12. The number of hydroxylamine groups is 2. The predicted molar refractivity (Wildman–Crippen MR) is 84.8 cm³/mol. The van der Waals surface area contributed by atoms with Gasteiger partial charge in [0.15, 0.2) is 11.5 Å². The minimum absolute atomic E-state index is 0.0392. The van der Waals surface area contributed by atoms with Crippen LogP contribution in [-0.2, 0) is 19.2 Å². The van der Waals surface area contributed by atoms with E-state index in [0.29, 0.717) is 27.8 Å². The number of amides is 2. The average Bonchev–Trinajstić information content (AvgIpc) is 2.87. The number of nitrogens with zero attached hydrogens (tertiary/aromatic N) is 1. The molecule has 2 N–H and O–H groups in total. The van der Waals surface area contributed by atoms with Crippen molar-refractivity contribution in [3.8, 4) is 11.5 Å². The van der Waals surface area contributed by atoms with Crippen LogP contribution in [0.4, 0.5) is 5.69 Å². The summed E-state index contributed by atoms with van der Waals surface area (Å²) >= 11 is 0. The van der Waals surface area contributed by atoms with Crippen molar-refractivity contribution in [2.75, 3.05) is 20.0 Å². The summed E-state index contributed by atoms with van der Waals surface area (Å²) in [5.41, 5.74) is 6.98. The Labute approximate surface area is 138 Å². The first kappa shape index (κ1) is 17.3. The Kier molecular flexibility index (Phi) is 5.08. The third-order valence-electron chi connectivity index (χ3n) is 3.46. The summed E-state index contributed by atoms with van der Waals surface area (Å²) in [5, 5.41) is 0.498. The van der Waals surface area contributed by atoms with Crippen molar-refractivity contribution in [3.05, 3.63) is 23.3 Å². The molecular weight excluding hydrogens is 316 g/mol. The summed E-state index contributed by atoms with van der Waals surface area (Å²) in [6, 6.07) is 3.17. The number of benzene rings is 1. The molecule has 8 nitrogen and oxygen atoms in total. The number of nitrogen functional groups attached to an aromatic ring is 1. The van der Waals surface area contributed by atoms with Crippen LogP contribution in [0.3, 0.4) is 0 Å². The molecule has 0 spiro atoms. The van der Waals surface area contributed by atoms with Crippen molar-refractivity contribution in [2.45, 2.75) is 19.8 Å². The number of ether oxygens (including phenoxy) is 2. The van der Waals surface area contributed by atoms with Crippen LogP contribution in [0.25, 0.3) is 6.08 Å². The first-order chi connectivity index (χ1) is 11.4. The lowest BCUT2D eigenvalue weighted by Gasteiger charge is -2.13. The molecule has 0 aromatic heterocycles. The van der Waals surface area contributed by atoms with Crippen molar-refractivity contribution < 1.29 is 28.7 Å². The second-order valence-corrected chi connectivity index (χ2v) is 5.12. The Hall–Kier alpha value is -3.03. The largest absolute Gasteiger partial charge is 0.493 e. The van der Waals surface area contributed by atoms with Crippen molar-refractivity contribution >= 4 is 29.5 Å². The number of imide groups is 1. The van der Waals surface area contributed by atoms with Crippen LogP contribution in [0, 0.1) is 0 Å². The average molecular weight is 334 g/mol. The molecule has 24 heavy (non-hydrogen) atoms. The number of hydrogen-bond acceptors (Lipinski definition) is 7. The van der Waals surface area contributed by atoms with E-state index in [-0.39, 0.29) is 18.4 Å². The van der Waals surface area contributed by atoms with E-state index in [1.807, 2.05) is 0 Å². The molecule has 1 aromatic rings. The summed E-state index contributed by atoms with van der Waals surface area (Å²) < 4.78 is 10.3. The molecule has 0 saturated carbocycles. The van der Waals surface area contributed by atoms with Crippen molar-refractivity contribution in [1.29, 1.82) is 0 Å². The SMILES string of the molecule is COc1cc(N)c(/C=C(\C)C(=O)ON2C(=O)CCC2=O)cc1OC. The third-order valence-corrected chi connectivity index (χ3v) is 3.46. The van der Waals surface area contributed by atoms with E-state index in [1.165, 1.54) is 27.2 Å². The summed E-state index contributed by atoms with van der Waals surface area (Å²) in [6.07, 6.45) is 1.56. The number of methoxy groups -OCH3 is 2. The highest BCUT2D eigenvalue weighted by molar-refractivity contribution is 6.03. The number of nitrogens with two attached hydrogens (primary N) is 1. The number of carbonyl (C=O) groups excluding carboxylic acids is 3. The first-order valence-electron chi connectivity index (χ1n) is 7.15. The van der Waals surface area contributed by atoms with Gasteiger partial charge in [-0.2, -0.15) is 0 Å². The van der Waals surface area contributed by atoms with Gasteiger partial charge in [0.05, 0.1) is 14.2 Å². The molecule has 0 atom stereocenters. The number of rotatable bonds is 5. The molecule has 0 aliphatic carbocycles. The Bertz CT molecular complexity index is 710. The van der Waals surface area contributed by atoms with Crippen molar-refractivity contribution in [2.24, 2.45) is 0 Å². The van der Waals surface area contributed by atoms with Crippen LogP contribution in [0.5, 0.6) is 11.5 Å². The summed E-state index contributed by atoms with van der Waals surface area (Å²) in [4.78, 5) is 39.8. The number of anilines is 1. The highest BCUT2D eigenvalue weighted by Gasteiger charge is 2.33. The van der Waals surface area contributed by atoms with Crippen molar-refractivity contribution in [1.82, 2.24) is 5.06 Å². The molecule has 1 fully saturated rings. The predicted octanol–water partition coefficient (Wildman–Crippen LogP) is 1.30. The molecule has 2 rings (SSSR count). The second kappa shape index (κ2) is 7.03. The van der Waals surface area contributed by atoms with Crippen LogP contribution < -0.4 is 15.2 Å². The zero-order valence-corrected chi connectivity index (χ0v) is 13.6. The van der Waals surface area contributed by atoms with E-state index in [4.69, 9.17) is 20.0 Å². The van der Waals surface area contributed by atoms with Crippen LogP contribution in [0.2, 0.25) is 0 Å². The number of carbonyl (C=O) groups is 3. The van der Waals surface area contributed by atoms with Gasteiger partial charge in [-0.25, -0.2) is 4.79 Å². The molecule has 2 amide bonds. The lowest BCUT2D eigenvalue weighted by Crippen LogP contribution is -2.32. The molecule has 128 valence electrons. The molecule has 1 heterocycles. The molecule has 8 heteroatoms. The van der Waals surface area contributed by atoms with Gasteiger partial charge in [0.1, 0.15) is 0 Å². The standard InChI is InChI=1S/C16H18N2O6/c1-9(16(21)24-18-14(19)4-5-15(18)20)6-10-7-12(22-2)13(23-3)8-11(10)17/h6-8H,4-5,17H2,1-3H3/b9-6+. The van der Waals surface area contributed by atoms with Gasteiger partial charge in [0, 0.05) is 35.7 Å². The Balaban J connectivity index is 2.22. The fourth-order valence-electron chi connectivity index (χ4n) is 2.14. The van der Waals surface area contributed by atoms with Gasteiger partial charge in [-0.15, -0.1) is 5.06 Å². The molecule has 1 aromatic carbocycles. The van der Waals surface area contributed by atoms with Gasteiger partial charge in [-0.3, -0.25) is 9.59 Å². The molecule has 0 bridgehead atoms. The zero-order chi connectivity index (χ0) is 17.9. The lowest BCUT2D eigenvalue weighted by atomic mass is 10.1. The highest BCUT2D eigenvalue weighted by Crippen LogP contribution is 2.33. The summed E-state index contributed by atoms with van der Waals surface area (Å²) in [5.74, 6) is -0.976. The minimum Gasteiger partial charge on any atom is -0.493 e. The fraction of sp³-hybridized carbons (Fsp3) is 0.312. The minimum atomic E-state index is -0.812. The quantitative estimate of drug-likeness (QED) is 0.491. The maximum atomic E-state index is 12.0. The van der Waals surface area contributed by atoms with Gasteiger partial charge in [-0.05, 0) is 19.1 Å². The molecule has 0 unspecified atom stereocenters. The Morgan fingerprint density at radius 1 is 1.12 bits per heavy atom. The summed E-state index contributed by atoms with van der Waals surface area (Å²) in [7, 11) is 2.97. The Morgan fingerprint density at radius 2 is 1.67 bits per heavy atom. The molecular formula is C16H18N2O6. The Morgan fingerprint density at radius 3 is 2.21 bits per heavy atom. The lowest BCUT2D eigenvalue weighted by molar-refractivity contribution is -0.194. The zero-order valence-electron chi connectivity index (χ0n) is 13.6. The normalized spacial score (nSPS) is 14.8. The van der Waals surface area contributed by atoms with E-state index in [2.05, 4.69) is 0 Å². The third kappa shape index (κ3) is 3.48. The van der Waals surface area contributed by atoms with Crippen LogP contribution in [-0.4, -0.2) is 37.1 Å². The van der Waals surface area contributed by atoms with E-state index in [1.54, 1.807) is 12.1 Å². The van der Waals surface area contributed by atoms with E-state index in [9.17, 15) is 14.4 Å². The van der Waals surface area contributed by atoms with Gasteiger partial charge < -0.3 is 20.0 Å². The smallest absolute Gasteiger partial charge is 0.359 e. The van der Waals surface area contributed by atoms with Gasteiger partial charge in [0.25, 0.3) is 11.8 Å². The maximum absolute atomic E-state index is 12.0. The molecule has 1 aliphatic rings. The topological polar surface area (TPSA) is 108 Å². The van der Waals surface area contributed by atoms with Gasteiger partial charge in [0.2, 0.25) is 0 Å². The van der Waals surface area contributed by atoms with Crippen LogP contribution in [0.15, 0.2) is 17.7 Å². The van der Waals surface area contributed by atoms with E-state index in [0.717, 1.165) is 0 Å². The summed E-state index contributed by atoms with van der Waals surface area (Å²) in [6.45, 7) is 1.49. The van der Waals surface area contributed by atoms with E-state index < -0.39 is 17.8 Å². The maximum Gasteiger partial charge on any atom is 0.359 e. The molecule has 1 aliphatic heterocycles. The van der Waals surface area contributed by atoms with Gasteiger partial charge in [-0.1, -0.05) is 0 Å². The van der Waals surface area contributed by atoms with Crippen LogP contribution >= 0.6 is 0 Å². The monoisotopic (exact) mass is 334 g/mol. The van der Waals surface area contributed by atoms with Crippen LogP contribution in [0.1, 0.15) is 25.3 Å². The number of hydrogen-bond donors (Lipinski definition) is 1. The first-order valence-corrected chi connectivity index (χ1v) is 7.15. The molecule has 0 radical (unpaired) electrons. The highest BCUT2D eigenvalue weighted by atomic mass is 16.7. The molecule has 1 saturated heterocycles.